The Morgan fingerprint density at radius 1 is 1.17 bits per heavy atom. The van der Waals surface area contributed by atoms with E-state index in [2.05, 4.69) is 51.3 Å². The fraction of sp³-hybridized carbons (Fsp3) is 0.464. The van der Waals surface area contributed by atoms with E-state index in [1.807, 2.05) is 31.2 Å². The first-order valence-corrected chi connectivity index (χ1v) is 12.6. The lowest BCUT2D eigenvalue weighted by molar-refractivity contribution is 0.0974. The molecular weight excluding hydrogens is 458 g/mol. The number of rotatable bonds is 9. The van der Waals surface area contributed by atoms with Gasteiger partial charge >= 0.3 is 0 Å². The first-order chi connectivity index (χ1) is 16.5. The Bertz CT molecular complexity index is 1060. The second kappa shape index (κ2) is 12.7. The SMILES string of the molecule is CCCC(C)(C(N)N=C(NC(=O)c1cccc(C#N)c1)NC(C)C(C)C)C(C)c1ccc(Cl)cc1. The van der Waals surface area contributed by atoms with E-state index in [9.17, 15) is 10.1 Å². The third-order valence-electron chi connectivity index (χ3n) is 6.94. The van der Waals surface area contributed by atoms with Gasteiger partial charge in [-0.25, -0.2) is 4.99 Å². The van der Waals surface area contributed by atoms with E-state index in [4.69, 9.17) is 22.3 Å². The molecule has 0 saturated heterocycles. The van der Waals surface area contributed by atoms with Crippen LogP contribution in [0.1, 0.15) is 81.8 Å². The molecule has 0 aliphatic heterocycles. The highest BCUT2D eigenvalue weighted by Crippen LogP contribution is 2.42. The van der Waals surface area contributed by atoms with Gasteiger partial charge in [-0.15, -0.1) is 0 Å². The van der Waals surface area contributed by atoms with Gasteiger partial charge in [-0.1, -0.05) is 70.8 Å². The molecule has 2 aromatic carbocycles. The van der Waals surface area contributed by atoms with Crippen molar-refractivity contribution in [3.05, 3.63) is 70.2 Å². The van der Waals surface area contributed by atoms with Crippen molar-refractivity contribution in [3.63, 3.8) is 0 Å². The number of benzene rings is 2. The number of aliphatic imine (C=N–C) groups is 1. The highest BCUT2D eigenvalue weighted by Gasteiger charge is 2.38. The van der Waals surface area contributed by atoms with Gasteiger partial charge in [0.1, 0.15) is 6.17 Å². The second-order valence-corrected chi connectivity index (χ2v) is 10.2. The molecule has 0 aliphatic rings. The summed E-state index contributed by atoms with van der Waals surface area (Å²) >= 11 is 6.10. The van der Waals surface area contributed by atoms with Crippen LogP contribution in [0.5, 0.6) is 0 Å². The monoisotopic (exact) mass is 495 g/mol. The fourth-order valence-electron chi connectivity index (χ4n) is 3.98. The van der Waals surface area contributed by atoms with Gasteiger partial charge in [0.2, 0.25) is 0 Å². The maximum Gasteiger partial charge on any atom is 0.257 e. The summed E-state index contributed by atoms with van der Waals surface area (Å²) in [6, 6.07) is 16.5. The third-order valence-corrected chi connectivity index (χ3v) is 7.19. The molecule has 7 heteroatoms. The molecule has 0 fully saturated rings. The Hall–Kier alpha value is -2.88. The lowest BCUT2D eigenvalue weighted by atomic mass is 9.69. The number of nitrogens with zero attached hydrogens (tertiary/aromatic N) is 2. The average molecular weight is 496 g/mol. The van der Waals surface area contributed by atoms with E-state index in [1.54, 1.807) is 24.3 Å². The zero-order chi connectivity index (χ0) is 26.2. The predicted octanol–water partition coefficient (Wildman–Crippen LogP) is 5.83. The van der Waals surface area contributed by atoms with Gasteiger partial charge in [-0.05, 0) is 61.1 Å². The smallest absolute Gasteiger partial charge is 0.257 e. The molecule has 6 nitrogen and oxygen atoms in total. The minimum atomic E-state index is -0.583. The first kappa shape index (κ1) is 28.4. The van der Waals surface area contributed by atoms with Gasteiger partial charge in [-0.2, -0.15) is 5.26 Å². The van der Waals surface area contributed by atoms with E-state index >= 15 is 0 Å². The third kappa shape index (κ3) is 7.55. The van der Waals surface area contributed by atoms with E-state index in [-0.39, 0.29) is 23.3 Å². The first-order valence-electron chi connectivity index (χ1n) is 12.2. The van der Waals surface area contributed by atoms with E-state index < -0.39 is 6.17 Å². The Morgan fingerprint density at radius 3 is 2.40 bits per heavy atom. The number of carbonyl (C=O) groups excluding carboxylic acids is 1. The zero-order valence-corrected chi connectivity index (χ0v) is 22.4. The van der Waals surface area contributed by atoms with Crippen LogP contribution < -0.4 is 16.4 Å². The Kier molecular flexibility index (Phi) is 10.3. The molecule has 4 unspecified atom stereocenters. The molecule has 188 valence electrons. The fourth-order valence-corrected chi connectivity index (χ4v) is 4.10. The number of nitriles is 1. The van der Waals surface area contributed by atoms with Crippen molar-refractivity contribution >= 4 is 23.5 Å². The summed E-state index contributed by atoms with van der Waals surface area (Å²) in [4.78, 5) is 17.8. The molecule has 2 rings (SSSR count). The number of nitrogens with one attached hydrogen (secondary N) is 2. The van der Waals surface area contributed by atoms with E-state index in [1.165, 1.54) is 0 Å². The summed E-state index contributed by atoms with van der Waals surface area (Å²) in [6.45, 7) is 12.7. The molecule has 0 saturated carbocycles. The van der Waals surface area contributed by atoms with Crippen LogP contribution in [0, 0.1) is 22.7 Å². The normalized spacial score (nSPS) is 16.1. The molecule has 0 aliphatic carbocycles. The summed E-state index contributed by atoms with van der Waals surface area (Å²) in [7, 11) is 0. The van der Waals surface area contributed by atoms with Crippen LogP contribution in [0.2, 0.25) is 5.02 Å². The molecule has 4 atom stereocenters. The van der Waals surface area contributed by atoms with Gasteiger partial charge in [0.25, 0.3) is 5.91 Å². The van der Waals surface area contributed by atoms with Crippen LogP contribution in [0.25, 0.3) is 0 Å². The van der Waals surface area contributed by atoms with E-state index in [0.29, 0.717) is 28.0 Å². The van der Waals surface area contributed by atoms with Gasteiger partial charge in [0.05, 0.1) is 11.6 Å². The highest BCUT2D eigenvalue weighted by molar-refractivity contribution is 6.30. The predicted molar refractivity (Wildman–Crippen MR) is 144 cm³/mol. The Balaban J connectivity index is 2.41. The number of hydrogen-bond acceptors (Lipinski definition) is 4. The summed E-state index contributed by atoms with van der Waals surface area (Å²) in [6.07, 6.45) is 1.21. The minimum Gasteiger partial charge on any atom is -0.353 e. The number of hydrogen-bond donors (Lipinski definition) is 3. The molecule has 4 N–H and O–H groups in total. The van der Waals surface area contributed by atoms with Crippen LogP contribution in [-0.4, -0.2) is 24.1 Å². The Labute approximate surface area is 215 Å². The molecule has 0 spiro atoms. The standard InChI is InChI=1S/C28H38ClN5O/c1-7-15-28(6,19(4)22-11-13-24(29)14-12-22)26(31)34-27(32-20(5)18(2)3)33-25(35)23-10-8-9-21(16-23)17-30/h8-14,16,18-20,26H,7,15,31H2,1-6H3,(H2,32,33,34,35). The quantitative estimate of drug-likeness (QED) is 0.301. The van der Waals surface area contributed by atoms with Crippen molar-refractivity contribution in [1.82, 2.24) is 10.6 Å². The molecule has 0 bridgehead atoms. The number of nitrogens with two attached hydrogens (primary N) is 1. The molecule has 35 heavy (non-hydrogen) atoms. The van der Waals surface area contributed by atoms with Gasteiger partial charge in [0.15, 0.2) is 5.96 Å². The van der Waals surface area contributed by atoms with Crippen LogP contribution >= 0.6 is 11.6 Å². The minimum absolute atomic E-state index is 0.0535. The van der Waals surface area contributed by atoms with Crippen molar-refractivity contribution in [3.8, 4) is 6.07 Å². The Morgan fingerprint density at radius 2 is 1.83 bits per heavy atom. The number of guanidine groups is 1. The lowest BCUT2D eigenvalue weighted by Gasteiger charge is -2.39. The van der Waals surface area contributed by atoms with Crippen LogP contribution in [0.4, 0.5) is 0 Å². The highest BCUT2D eigenvalue weighted by atomic mass is 35.5. The van der Waals surface area contributed by atoms with Crippen LogP contribution in [0.15, 0.2) is 53.5 Å². The van der Waals surface area contributed by atoms with E-state index in [0.717, 1.165) is 18.4 Å². The van der Waals surface area contributed by atoms with Crippen molar-refractivity contribution in [2.45, 2.75) is 72.5 Å². The van der Waals surface area contributed by atoms with Crippen LogP contribution in [-0.2, 0) is 0 Å². The second-order valence-electron chi connectivity index (χ2n) is 9.78. The lowest BCUT2D eigenvalue weighted by Crippen LogP contribution is -2.50. The number of halogens is 1. The maximum atomic E-state index is 13.0. The zero-order valence-electron chi connectivity index (χ0n) is 21.6. The van der Waals surface area contributed by atoms with Gasteiger partial charge < -0.3 is 11.1 Å². The summed E-state index contributed by atoms with van der Waals surface area (Å²) < 4.78 is 0. The topological polar surface area (TPSA) is 103 Å². The molecule has 2 aromatic rings. The molecule has 0 heterocycles. The molecule has 0 aromatic heterocycles. The average Bonchev–Trinajstić information content (AvgIpc) is 2.83. The van der Waals surface area contributed by atoms with Crippen molar-refractivity contribution in [2.24, 2.45) is 22.1 Å². The largest absolute Gasteiger partial charge is 0.353 e. The number of carbonyl (C=O) groups is 1. The van der Waals surface area contributed by atoms with Crippen molar-refractivity contribution in [2.75, 3.05) is 0 Å². The summed E-state index contributed by atoms with van der Waals surface area (Å²) in [5, 5.41) is 16.1. The van der Waals surface area contributed by atoms with Crippen LogP contribution in [0.3, 0.4) is 0 Å². The maximum absolute atomic E-state index is 13.0. The van der Waals surface area contributed by atoms with Crippen molar-refractivity contribution in [1.29, 1.82) is 5.26 Å². The number of amides is 1. The molecule has 1 amide bonds. The summed E-state index contributed by atoms with van der Waals surface area (Å²) in [5.41, 5.74) is 8.34. The van der Waals surface area contributed by atoms with Crippen molar-refractivity contribution < 1.29 is 4.79 Å². The van der Waals surface area contributed by atoms with Gasteiger partial charge in [-0.3, -0.25) is 10.1 Å². The summed E-state index contributed by atoms with van der Waals surface area (Å²) in [5.74, 6) is 0.395. The molecular formula is C28H38ClN5O. The van der Waals surface area contributed by atoms with Gasteiger partial charge in [0, 0.05) is 22.0 Å². The molecule has 0 radical (unpaired) electrons.